The highest BCUT2D eigenvalue weighted by Gasteiger charge is 2.31. The molecule has 114 valence electrons. The highest BCUT2D eigenvalue weighted by molar-refractivity contribution is 4.86. The number of hydrogen-bond donors (Lipinski definition) is 1. The Morgan fingerprint density at radius 2 is 1.74 bits per heavy atom. The maximum Gasteiger partial charge on any atom is 0.0589 e. The molecule has 0 bridgehead atoms. The lowest BCUT2D eigenvalue weighted by Gasteiger charge is -2.41. The summed E-state index contributed by atoms with van der Waals surface area (Å²) in [7, 11) is 3.56. The smallest absolute Gasteiger partial charge is 0.0589 e. The normalized spacial score (nSPS) is 18.9. The molecule has 4 nitrogen and oxygen atoms in total. The molecule has 1 aliphatic heterocycles. The van der Waals surface area contributed by atoms with Gasteiger partial charge in [0, 0.05) is 40.5 Å². The molecule has 0 spiro atoms. The fourth-order valence-electron chi connectivity index (χ4n) is 2.98. The highest BCUT2D eigenvalue weighted by atomic mass is 16.5. The molecule has 0 aliphatic carbocycles. The predicted molar refractivity (Wildman–Crippen MR) is 79.6 cm³/mol. The Morgan fingerprint density at radius 1 is 1.05 bits per heavy atom. The topological polar surface area (TPSA) is 33.7 Å². The van der Waals surface area contributed by atoms with Crippen LogP contribution < -0.4 is 5.32 Å². The van der Waals surface area contributed by atoms with Gasteiger partial charge in [-0.15, -0.1) is 0 Å². The fourth-order valence-corrected chi connectivity index (χ4v) is 2.98. The largest absolute Gasteiger partial charge is 0.385 e. The maximum atomic E-state index is 5.25. The summed E-state index contributed by atoms with van der Waals surface area (Å²) in [6, 6.07) is 0. The molecule has 1 heterocycles. The van der Waals surface area contributed by atoms with E-state index >= 15 is 0 Å². The summed E-state index contributed by atoms with van der Waals surface area (Å²) in [4.78, 5) is 2.57. The quantitative estimate of drug-likeness (QED) is 0.614. The Labute approximate surface area is 118 Å². The van der Waals surface area contributed by atoms with Crippen LogP contribution in [0.5, 0.6) is 0 Å². The average Bonchev–Trinajstić information content (AvgIpc) is 2.46. The van der Waals surface area contributed by atoms with Crippen LogP contribution in [0.25, 0.3) is 0 Å². The highest BCUT2D eigenvalue weighted by Crippen LogP contribution is 2.33. The van der Waals surface area contributed by atoms with Gasteiger partial charge in [-0.05, 0) is 44.2 Å². The van der Waals surface area contributed by atoms with Gasteiger partial charge in [-0.1, -0.05) is 6.92 Å². The average molecular weight is 272 g/mol. The number of nitrogens with zero attached hydrogens (tertiary/aromatic N) is 1. The summed E-state index contributed by atoms with van der Waals surface area (Å²) in [5, 5.41) is 3.48. The van der Waals surface area contributed by atoms with Crippen LogP contribution >= 0.6 is 0 Å². The van der Waals surface area contributed by atoms with Gasteiger partial charge in [-0.3, -0.25) is 0 Å². The zero-order chi connectivity index (χ0) is 14.0. The summed E-state index contributed by atoms with van der Waals surface area (Å²) in [6.45, 7) is 9.72. The van der Waals surface area contributed by atoms with Gasteiger partial charge in [-0.2, -0.15) is 0 Å². The van der Waals surface area contributed by atoms with Crippen molar-refractivity contribution >= 4 is 0 Å². The molecular formula is C15H32N2O2. The molecule has 0 saturated carbocycles. The number of methoxy groups -OCH3 is 2. The van der Waals surface area contributed by atoms with E-state index in [9.17, 15) is 0 Å². The van der Waals surface area contributed by atoms with Crippen LogP contribution in [0.15, 0.2) is 0 Å². The number of ether oxygens (including phenoxy) is 2. The minimum atomic E-state index is 0.506. The number of hydrogen-bond acceptors (Lipinski definition) is 4. The van der Waals surface area contributed by atoms with Crippen molar-refractivity contribution in [2.45, 2.75) is 32.6 Å². The minimum Gasteiger partial charge on any atom is -0.385 e. The van der Waals surface area contributed by atoms with Crippen LogP contribution in [0, 0.1) is 5.41 Å². The van der Waals surface area contributed by atoms with E-state index in [0.29, 0.717) is 5.41 Å². The fraction of sp³-hybridized carbons (Fsp3) is 1.00. The third kappa shape index (κ3) is 6.21. The van der Waals surface area contributed by atoms with Gasteiger partial charge >= 0.3 is 0 Å². The Hall–Kier alpha value is -0.160. The van der Waals surface area contributed by atoms with Crippen LogP contribution in [0.3, 0.4) is 0 Å². The van der Waals surface area contributed by atoms with Crippen molar-refractivity contribution in [3.8, 4) is 0 Å². The SMILES string of the molecule is CCC1(CN(CCCOC)CCOC)CCNCC1. The molecular weight excluding hydrogens is 240 g/mol. The molecule has 0 aromatic heterocycles. The molecule has 4 heteroatoms. The number of nitrogens with one attached hydrogen (secondary N) is 1. The third-order valence-corrected chi connectivity index (χ3v) is 4.41. The molecule has 0 radical (unpaired) electrons. The Morgan fingerprint density at radius 3 is 2.32 bits per heavy atom. The molecule has 1 rings (SSSR count). The molecule has 1 aliphatic rings. The lowest BCUT2D eigenvalue weighted by atomic mass is 9.76. The van der Waals surface area contributed by atoms with Gasteiger partial charge in [0.1, 0.15) is 0 Å². The van der Waals surface area contributed by atoms with E-state index in [1.165, 1.54) is 38.9 Å². The second-order valence-corrected chi connectivity index (χ2v) is 5.72. The Kier molecular flexibility index (Phi) is 8.62. The number of piperidine rings is 1. The van der Waals surface area contributed by atoms with E-state index in [-0.39, 0.29) is 0 Å². The summed E-state index contributed by atoms with van der Waals surface area (Å²) in [5.41, 5.74) is 0.506. The van der Waals surface area contributed by atoms with Crippen molar-refractivity contribution in [2.24, 2.45) is 5.41 Å². The summed E-state index contributed by atoms with van der Waals surface area (Å²) >= 11 is 0. The zero-order valence-corrected chi connectivity index (χ0v) is 13.0. The van der Waals surface area contributed by atoms with Gasteiger partial charge in [0.25, 0.3) is 0 Å². The Balaban J connectivity index is 2.47. The van der Waals surface area contributed by atoms with Gasteiger partial charge in [-0.25, -0.2) is 0 Å². The second-order valence-electron chi connectivity index (χ2n) is 5.72. The van der Waals surface area contributed by atoms with Crippen LogP contribution in [-0.4, -0.2) is 65.1 Å². The van der Waals surface area contributed by atoms with Gasteiger partial charge in [0.2, 0.25) is 0 Å². The maximum absolute atomic E-state index is 5.25. The standard InChI is InChI=1S/C15H32N2O2/c1-4-15(6-8-16-9-7-15)14-17(11-13-19-3)10-5-12-18-2/h16H,4-14H2,1-3H3. The molecule has 0 amide bonds. The first-order chi connectivity index (χ1) is 9.26. The first-order valence-corrected chi connectivity index (χ1v) is 7.67. The lowest BCUT2D eigenvalue weighted by molar-refractivity contribution is 0.0742. The summed E-state index contributed by atoms with van der Waals surface area (Å²) in [6.07, 6.45) is 5.00. The summed E-state index contributed by atoms with van der Waals surface area (Å²) < 4.78 is 10.4. The van der Waals surface area contributed by atoms with Crippen LogP contribution in [-0.2, 0) is 9.47 Å². The van der Waals surface area contributed by atoms with E-state index < -0.39 is 0 Å². The van der Waals surface area contributed by atoms with E-state index in [0.717, 1.165) is 32.7 Å². The second kappa shape index (κ2) is 9.70. The lowest BCUT2D eigenvalue weighted by Crippen LogP contribution is -2.45. The van der Waals surface area contributed by atoms with E-state index in [4.69, 9.17) is 9.47 Å². The van der Waals surface area contributed by atoms with Crippen LogP contribution in [0.2, 0.25) is 0 Å². The molecule has 0 unspecified atom stereocenters. The van der Waals surface area contributed by atoms with Crippen molar-refractivity contribution in [1.82, 2.24) is 10.2 Å². The van der Waals surface area contributed by atoms with E-state index in [2.05, 4.69) is 17.1 Å². The Bertz CT molecular complexity index is 218. The molecule has 1 fully saturated rings. The number of rotatable bonds is 10. The molecule has 0 aromatic carbocycles. The predicted octanol–water partition coefficient (Wildman–Crippen LogP) is 1.75. The van der Waals surface area contributed by atoms with E-state index in [1.54, 1.807) is 14.2 Å². The van der Waals surface area contributed by atoms with Crippen molar-refractivity contribution < 1.29 is 9.47 Å². The van der Waals surface area contributed by atoms with E-state index in [1.807, 2.05) is 0 Å². The first kappa shape index (κ1) is 16.9. The van der Waals surface area contributed by atoms with Crippen molar-refractivity contribution in [1.29, 1.82) is 0 Å². The molecule has 0 atom stereocenters. The first-order valence-electron chi connectivity index (χ1n) is 7.67. The molecule has 19 heavy (non-hydrogen) atoms. The van der Waals surface area contributed by atoms with Gasteiger partial charge in [0.15, 0.2) is 0 Å². The minimum absolute atomic E-state index is 0.506. The monoisotopic (exact) mass is 272 g/mol. The van der Waals surface area contributed by atoms with Gasteiger partial charge < -0.3 is 19.7 Å². The van der Waals surface area contributed by atoms with Crippen LogP contribution in [0.1, 0.15) is 32.6 Å². The van der Waals surface area contributed by atoms with Crippen molar-refractivity contribution in [3.05, 3.63) is 0 Å². The van der Waals surface area contributed by atoms with Crippen molar-refractivity contribution in [2.75, 3.05) is 60.2 Å². The van der Waals surface area contributed by atoms with Gasteiger partial charge in [0.05, 0.1) is 6.61 Å². The van der Waals surface area contributed by atoms with Crippen molar-refractivity contribution in [3.63, 3.8) is 0 Å². The zero-order valence-electron chi connectivity index (χ0n) is 13.0. The summed E-state index contributed by atoms with van der Waals surface area (Å²) in [5.74, 6) is 0. The molecule has 1 saturated heterocycles. The van der Waals surface area contributed by atoms with Crippen LogP contribution in [0.4, 0.5) is 0 Å². The molecule has 1 N–H and O–H groups in total. The molecule has 0 aromatic rings. The third-order valence-electron chi connectivity index (χ3n) is 4.41.